The Bertz CT molecular complexity index is 782. The van der Waals surface area contributed by atoms with Gasteiger partial charge in [0.1, 0.15) is 11.4 Å². The number of nitrogens with zero attached hydrogens (tertiary/aromatic N) is 3. The van der Waals surface area contributed by atoms with Crippen LogP contribution in [0, 0.1) is 6.92 Å². The first-order chi connectivity index (χ1) is 9.60. The number of aryl methyl sites for hydroxylation is 2. The lowest BCUT2D eigenvalue weighted by Gasteiger charge is -2.01. The van der Waals surface area contributed by atoms with Gasteiger partial charge >= 0.3 is 5.97 Å². The second-order valence-electron chi connectivity index (χ2n) is 4.54. The molecule has 0 N–H and O–H groups in total. The van der Waals surface area contributed by atoms with Crippen LogP contribution in [0.5, 0.6) is 0 Å². The van der Waals surface area contributed by atoms with Crippen LogP contribution in [0.1, 0.15) is 22.3 Å². The summed E-state index contributed by atoms with van der Waals surface area (Å²) in [5.74, 6) is 0.406. The molecule has 0 aromatic carbocycles. The molecular weight excluding hydrogens is 274 g/mol. The zero-order chi connectivity index (χ0) is 14.3. The summed E-state index contributed by atoms with van der Waals surface area (Å²) in [7, 11) is 1.82. The Kier molecular flexibility index (Phi) is 3.10. The average molecular weight is 289 g/mol. The first kappa shape index (κ1) is 12.9. The maximum absolute atomic E-state index is 11.8. The summed E-state index contributed by atoms with van der Waals surface area (Å²) in [6.07, 6.45) is 3.69. The predicted molar refractivity (Wildman–Crippen MR) is 78.2 cm³/mol. The first-order valence-electron chi connectivity index (χ1n) is 6.38. The van der Waals surface area contributed by atoms with Crippen molar-refractivity contribution in [2.24, 2.45) is 7.05 Å². The molecule has 3 aromatic heterocycles. The van der Waals surface area contributed by atoms with Crippen LogP contribution in [-0.4, -0.2) is 26.5 Å². The number of thiophene rings is 1. The Balaban J connectivity index is 2.04. The van der Waals surface area contributed by atoms with Crippen LogP contribution in [0.3, 0.4) is 0 Å². The summed E-state index contributed by atoms with van der Waals surface area (Å²) in [5, 5.41) is 0. The predicted octanol–water partition coefficient (Wildman–Crippen LogP) is 2.89. The molecule has 0 aliphatic carbocycles. The fourth-order valence-corrected chi connectivity index (χ4v) is 2.96. The molecule has 6 heteroatoms. The van der Waals surface area contributed by atoms with Gasteiger partial charge in [0.05, 0.1) is 11.5 Å². The van der Waals surface area contributed by atoms with E-state index in [1.54, 1.807) is 29.0 Å². The van der Waals surface area contributed by atoms with E-state index in [2.05, 4.69) is 24.0 Å². The molecule has 0 bridgehead atoms. The molecule has 0 saturated carbocycles. The van der Waals surface area contributed by atoms with Crippen molar-refractivity contribution < 1.29 is 9.53 Å². The Morgan fingerprint density at radius 1 is 1.40 bits per heavy atom. The third kappa shape index (κ3) is 2.02. The summed E-state index contributed by atoms with van der Waals surface area (Å²) in [6.45, 7) is 4.23. The standard InChI is InChI=1S/C14H15N3O2S/c1-4-19-13(18)11-8-17-7-10(15-14(17)16(11)3)12-6-5-9(2)20-12/h5-8H,4H2,1-3H3. The van der Waals surface area contributed by atoms with Crippen molar-refractivity contribution >= 4 is 23.1 Å². The van der Waals surface area contributed by atoms with Crippen LogP contribution in [0.15, 0.2) is 24.5 Å². The maximum Gasteiger partial charge on any atom is 0.356 e. The molecule has 0 atom stereocenters. The van der Waals surface area contributed by atoms with E-state index in [-0.39, 0.29) is 5.97 Å². The van der Waals surface area contributed by atoms with E-state index in [0.717, 1.165) is 16.3 Å². The Morgan fingerprint density at radius 2 is 2.20 bits per heavy atom. The third-order valence-electron chi connectivity index (χ3n) is 3.11. The minimum atomic E-state index is -0.325. The van der Waals surface area contributed by atoms with Crippen LogP contribution < -0.4 is 0 Å². The van der Waals surface area contributed by atoms with Gasteiger partial charge in [-0.3, -0.25) is 4.40 Å². The quantitative estimate of drug-likeness (QED) is 0.697. The molecule has 0 aliphatic heterocycles. The molecule has 3 heterocycles. The summed E-state index contributed by atoms with van der Waals surface area (Å²) in [6, 6.07) is 4.14. The average Bonchev–Trinajstić information content (AvgIpc) is 3.06. The van der Waals surface area contributed by atoms with Crippen molar-refractivity contribution in [2.75, 3.05) is 6.61 Å². The number of fused-ring (bicyclic) bond motifs is 1. The Morgan fingerprint density at radius 3 is 2.80 bits per heavy atom. The topological polar surface area (TPSA) is 48.5 Å². The molecule has 0 saturated heterocycles. The van der Waals surface area contributed by atoms with Crippen molar-refractivity contribution in [1.29, 1.82) is 0 Å². The van der Waals surface area contributed by atoms with Gasteiger partial charge in [-0.1, -0.05) is 0 Å². The summed E-state index contributed by atoms with van der Waals surface area (Å²) in [5.41, 5.74) is 1.42. The van der Waals surface area contributed by atoms with Gasteiger partial charge in [-0.15, -0.1) is 11.3 Å². The third-order valence-corrected chi connectivity index (χ3v) is 4.14. The number of hydrogen-bond donors (Lipinski definition) is 0. The first-order valence-corrected chi connectivity index (χ1v) is 7.20. The largest absolute Gasteiger partial charge is 0.461 e. The minimum absolute atomic E-state index is 0.325. The SMILES string of the molecule is CCOC(=O)c1cn2cc(-c3ccc(C)s3)nc2n1C. The van der Waals surface area contributed by atoms with E-state index in [0.29, 0.717) is 12.3 Å². The number of imidazole rings is 2. The molecule has 0 spiro atoms. The van der Waals surface area contributed by atoms with E-state index in [1.165, 1.54) is 4.88 Å². The highest BCUT2D eigenvalue weighted by Gasteiger charge is 2.17. The highest BCUT2D eigenvalue weighted by Crippen LogP contribution is 2.27. The van der Waals surface area contributed by atoms with Crippen molar-refractivity contribution in [2.45, 2.75) is 13.8 Å². The molecule has 0 unspecified atom stereocenters. The number of aromatic nitrogens is 3. The molecule has 3 rings (SSSR count). The number of esters is 1. The number of ether oxygens (including phenoxy) is 1. The summed E-state index contributed by atoms with van der Waals surface area (Å²) < 4.78 is 8.64. The number of carbonyl (C=O) groups excluding carboxylic acids is 1. The van der Waals surface area contributed by atoms with E-state index < -0.39 is 0 Å². The fraction of sp³-hybridized carbons (Fsp3) is 0.286. The summed E-state index contributed by atoms with van der Waals surface area (Å²) >= 11 is 1.71. The van der Waals surface area contributed by atoms with Gasteiger partial charge in [-0.2, -0.15) is 0 Å². The maximum atomic E-state index is 11.8. The van der Waals surface area contributed by atoms with E-state index >= 15 is 0 Å². The van der Waals surface area contributed by atoms with E-state index in [4.69, 9.17) is 4.74 Å². The van der Waals surface area contributed by atoms with Crippen molar-refractivity contribution in [3.05, 3.63) is 35.1 Å². The number of carbonyl (C=O) groups is 1. The molecular formula is C14H15N3O2S. The molecule has 104 valence electrons. The van der Waals surface area contributed by atoms with Gasteiger partial charge in [-0.05, 0) is 26.0 Å². The van der Waals surface area contributed by atoms with E-state index in [9.17, 15) is 4.79 Å². The smallest absolute Gasteiger partial charge is 0.356 e. The number of hydrogen-bond acceptors (Lipinski definition) is 4. The molecule has 5 nitrogen and oxygen atoms in total. The van der Waals surface area contributed by atoms with Crippen LogP contribution in [0.4, 0.5) is 0 Å². The monoisotopic (exact) mass is 289 g/mol. The molecule has 0 fully saturated rings. The van der Waals surface area contributed by atoms with Crippen LogP contribution in [0.25, 0.3) is 16.3 Å². The highest BCUT2D eigenvalue weighted by atomic mass is 32.1. The van der Waals surface area contributed by atoms with Gasteiger partial charge in [0.25, 0.3) is 0 Å². The van der Waals surface area contributed by atoms with Crippen LogP contribution in [0.2, 0.25) is 0 Å². The van der Waals surface area contributed by atoms with Crippen molar-refractivity contribution in [1.82, 2.24) is 14.0 Å². The zero-order valence-electron chi connectivity index (χ0n) is 11.6. The van der Waals surface area contributed by atoms with E-state index in [1.807, 2.05) is 17.6 Å². The minimum Gasteiger partial charge on any atom is -0.461 e. The van der Waals surface area contributed by atoms with Gasteiger partial charge < -0.3 is 9.30 Å². The van der Waals surface area contributed by atoms with Gasteiger partial charge in [0, 0.05) is 24.3 Å². The molecule has 20 heavy (non-hydrogen) atoms. The lowest BCUT2D eigenvalue weighted by atomic mass is 10.3. The lowest BCUT2D eigenvalue weighted by Crippen LogP contribution is -2.09. The Hall–Kier alpha value is -2.08. The highest BCUT2D eigenvalue weighted by molar-refractivity contribution is 7.15. The van der Waals surface area contributed by atoms with Gasteiger partial charge in [0.15, 0.2) is 0 Å². The van der Waals surface area contributed by atoms with Gasteiger partial charge in [-0.25, -0.2) is 9.78 Å². The molecule has 0 amide bonds. The van der Waals surface area contributed by atoms with Crippen molar-refractivity contribution in [3.63, 3.8) is 0 Å². The van der Waals surface area contributed by atoms with Crippen molar-refractivity contribution in [3.8, 4) is 10.6 Å². The Labute approximate surface area is 120 Å². The number of rotatable bonds is 3. The second-order valence-corrected chi connectivity index (χ2v) is 5.83. The molecule has 0 radical (unpaired) electrons. The molecule has 0 aliphatic rings. The normalized spacial score (nSPS) is 11.2. The van der Waals surface area contributed by atoms with Crippen LogP contribution >= 0.6 is 11.3 Å². The zero-order valence-corrected chi connectivity index (χ0v) is 12.4. The second kappa shape index (κ2) is 4.79. The van der Waals surface area contributed by atoms with Crippen LogP contribution in [-0.2, 0) is 11.8 Å². The lowest BCUT2D eigenvalue weighted by molar-refractivity contribution is 0.0515. The fourth-order valence-electron chi connectivity index (χ4n) is 2.14. The summed E-state index contributed by atoms with van der Waals surface area (Å²) in [4.78, 5) is 18.8. The molecule has 3 aromatic rings. The van der Waals surface area contributed by atoms with Gasteiger partial charge in [0.2, 0.25) is 5.78 Å².